The number of hydrogen-bond acceptors (Lipinski definition) is 4. The zero-order valence-corrected chi connectivity index (χ0v) is 12.8. The second-order valence-corrected chi connectivity index (χ2v) is 8.17. The van der Waals surface area contributed by atoms with E-state index in [4.69, 9.17) is 5.14 Å². The lowest BCUT2D eigenvalue weighted by Gasteiger charge is -2.10. The second-order valence-electron chi connectivity index (χ2n) is 4.79. The van der Waals surface area contributed by atoms with E-state index >= 15 is 0 Å². The van der Waals surface area contributed by atoms with Crippen molar-refractivity contribution in [3.8, 4) is 0 Å². The lowest BCUT2D eigenvalue weighted by molar-refractivity contribution is 0.568. The first-order valence-electron chi connectivity index (χ1n) is 5.84. The zero-order chi connectivity index (χ0) is 15.6. The minimum absolute atomic E-state index is 0.0429. The molecule has 0 unspecified atom stereocenters. The standard InChI is InChI=1S/C11H17FN2O4S2/c1-8(2)5-6-19(15,16)14-9-3-4-11(10(12)7-9)20(13,17)18/h3-4,7-8,14H,5-6H2,1-2H3,(H2,13,17,18). The van der Waals surface area contributed by atoms with Gasteiger partial charge in [0.05, 0.1) is 11.4 Å². The quantitative estimate of drug-likeness (QED) is 0.821. The van der Waals surface area contributed by atoms with Gasteiger partial charge in [-0.2, -0.15) is 0 Å². The lowest BCUT2D eigenvalue weighted by Crippen LogP contribution is -2.19. The van der Waals surface area contributed by atoms with E-state index < -0.39 is 30.8 Å². The van der Waals surface area contributed by atoms with Crippen molar-refractivity contribution >= 4 is 25.7 Å². The molecule has 0 aliphatic rings. The molecule has 0 fully saturated rings. The van der Waals surface area contributed by atoms with Gasteiger partial charge >= 0.3 is 0 Å². The Morgan fingerprint density at radius 1 is 1.25 bits per heavy atom. The van der Waals surface area contributed by atoms with E-state index in [1.165, 1.54) is 0 Å². The summed E-state index contributed by atoms with van der Waals surface area (Å²) in [5, 5.41) is 4.81. The Bertz CT molecular complexity index is 684. The van der Waals surface area contributed by atoms with Crippen molar-refractivity contribution in [3.63, 3.8) is 0 Å². The third-order valence-electron chi connectivity index (χ3n) is 2.48. The summed E-state index contributed by atoms with van der Waals surface area (Å²) in [7, 11) is -7.76. The first-order chi connectivity index (χ1) is 9.01. The van der Waals surface area contributed by atoms with Gasteiger partial charge in [-0.25, -0.2) is 26.4 Å². The van der Waals surface area contributed by atoms with Gasteiger partial charge in [0, 0.05) is 0 Å². The molecule has 20 heavy (non-hydrogen) atoms. The van der Waals surface area contributed by atoms with Crippen molar-refractivity contribution in [2.45, 2.75) is 25.2 Å². The number of hydrogen-bond donors (Lipinski definition) is 2. The molecule has 0 saturated carbocycles. The van der Waals surface area contributed by atoms with Gasteiger partial charge in [0.25, 0.3) is 0 Å². The van der Waals surface area contributed by atoms with Crippen LogP contribution in [0.1, 0.15) is 20.3 Å². The molecule has 9 heteroatoms. The minimum atomic E-state index is -4.17. The Morgan fingerprint density at radius 3 is 2.30 bits per heavy atom. The average Bonchev–Trinajstić information content (AvgIpc) is 2.24. The van der Waals surface area contributed by atoms with E-state index in [9.17, 15) is 21.2 Å². The van der Waals surface area contributed by atoms with Crippen LogP contribution in [-0.2, 0) is 20.0 Å². The lowest BCUT2D eigenvalue weighted by atomic mass is 10.2. The van der Waals surface area contributed by atoms with Crippen molar-refractivity contribution in [2.75, 3.05) is 10.5 Å². The predicted octanol–water partition coefficient (Wildman–Crippen LogP) is 1.26. The molecule has 0 heterocycles. The van der Waals surface area contributed by atoms with Crippen LogP contribution in [0.5, 0.6) is 0 Å². The summed E-state index contributed by atoms with van der Waals surface area (Å²) in [6.45, 7) is 3.77. The van der Waals surface area contributed by atoms with E-state index in [-0.39, 0.29) is 17.4 Å². The molecule has 0 aliphatic carbocycles. The van der Waals surface area contributed by atoms with Crippen LogP contribution in [-0.4, -0.2) is 22.6 Å². The number of benzene rings is 1. The molecular formula is C11H17FN2O4S2. The fourth-order valence-electron chi connectivity index (χ4n) is 1.42. The van der Waals surface area contributed by atoms with Crippen LogP contribution in [0.3, 0.4) is 0 Å². The fourth-order valence-corrected chi connectivity index (χ4v) is 3.37. The van der Waals surface area contributed by atoms with Gasteiger partial charge in [0.2, 0.25) is 20.0 Å². The van der Waals surface area contributed by atoms with Gasteiger partial charge in [0.1, 0.15) is 10.7 Å². The predicted molar refractivity (Wildman–Crippen MR) is 74.6 cm³/mol. The second kappa shape index (κ2) is 6.06. The normalized spacial score (nSPS) is 12.7. The molecule has 1 aromatic rings. The van der Waals surface area contributed by atoms with Crippen LogP contribution >= 0.6 is 0 Å². The number of halogens is 1. The zero-order valence-electron chi connectivity index (χ0n) is 11.1. The maximum absolute atomic E-state index is 13.5. The van der Waals surface area contributed by atoms with Crippen LogP contribution in [0.15, 0.2) is 23.1 Å². The van der Waals surface area contributed by atoms with E-state index in [1.807, 2.05) is 13.8 Å². The molecule has 0 aliphatic heterocycles. The molecule has 3 N–H and O–H groups in total. The van der Waals surface area contributed by atoms with Crippen LogP contribution < -0.4 is 9.86 Å². The van der Waals surface area contributed by atoms with Gasteiger partial charge in [-0.05, 0) is 30.5 Å². The summed E-state index contributed by atoms with van der Waals surface area (Å²) in [6.07, 6.45) is 0.465. The van der Waals surface area contributed by atoms with E-state index in [0.717, 1.165) is 18.2 Å². The van der Waals surface area contributed by atoms with Crippen LogP contribution in [0.25, 0.3) is 0 Å². The Morgan fingerprint density at radius 2 is 1.85 bits per heavy atom. The molecule has 0 bridgehead atoms. The van der Waals surface area contributed by atoms with Crippen molar-refractivity contribution in [1.82, 2.24) is 0 Å². The minimum Gasteiger partial charge on any atom is -0.283 e. The number of sulfonamides is 2. The number of anilines is 1. The Kier molecular flexibility index (Phi) is 5.11. The van der Waals surface area contributed by atoms with Gasteiger partial charge in [-0.15, -0.1) is 0 Å². The Balaban J connectivity index is 2.93. The van der Waals surface area contributed by atoms with Gasteiger partial charge in [0.15, 0.2) is 0 Å². The first kappa shape index (κ1) is 16.9. The largest absolute Gasteiger partial charge is 0.283 e. The van der Waals surface area contributed by atoms with Crippen molar-refractivity contribution < 1.29 is 21.2 Å². The summed E-state index contributed by atoms with van der Waals surface area (Å²) in [5.74, 6) is -0.979. The smallest absolute Gasteiger partial charge is 0.240 e. The average molecular weight is 324 g/mol. The third kappa shape index (κ3) is 5.06. The molecule has 1 aromatic carbocycles. The number of nitrogens with one attached hydrogen (secondary N) is 1. The SMILES string of the molecule is CC(C)CCS(=O)(=O)Nc1ccc(S(N)(=O)=O)c(F)c1. The molecule has 1 rings (SSSR count). The molecule has 0 saturated heterocycles. The molecule has 0 spiro atoms. The molecule has 0 radical (unpaired) electrons. The number of nitrogens with two attached hydrogens (primary N) is 1. The maximum atomic E-state index is 13.5. The molecular weight excluding hydrogens is 307 g/mol. The number of rotatable bonds is 6. The highest BCUT2D eigenvalue weighted by molar-refractivity contribution is 7.92. The fraction of sp³-hybridized carbons (Fsp3) is 0.455. The monoisotopic (exact) mass is 324 g/mol. The van der Waals surface area contributed by atoms with E-state index in [0.29, 0.717) is 6.42 Å². The Labute approximate surface area is 118 Å². The molecule has 0 amide bonds. The summed E-state index contributed by atoms with van der Waals surface area (Å²) in [6, 6.07) is 2.85. The van der Waals surface area contributed by atoms with E-state index in [2.05, 4.69) is 4.72 Å². The maximum Gasteiger partial charge on any atom is 0.240 e. The highest BCUT2D eigenvalue weighted by Crippen LogP contribution is 2.19. The van der Waals surface area contributed by atoms with Gasteiger partial charge < -0.3 is 0 Å². The van der Waals surface area contributed by atoms with E-state index in [1.54, 1.807) is 0 Å². The number of primary sulfonamides is 1. The summed E-state index contributed by atoms with van der Waals surface area (Å²) in [4.78, 5) is -0.678. The molecule has 6 nitrogen and oxygen atoms in total. The van der Waals surface area contributed by atoms with Crippen molar-refractivity contribution in [3.05, 3.63) is 24.0 Å². The van der Waals surface area contributed by atoms with Crippen LogP contribution in [0, 0.1) is 11.7 Å². The van der Waals surface area contributed by atoms with Crippen LogP contribution in [0.2, 0.25) is 0 Å². The highest BCUT2D eigenvalue weighted by atomic mass is 32.2. The summed E-state index contributed by atoms with van der Waals surface area (Å²) < 4.78 is 61.2. The van der Waals surface area contributed by atoms with Gasteiger partial charge in [-0.3, -0.25) is 4.72 Å². The topological polar surface area (TPSA) is 106 Å². The van der Waals surface area contributed by atoms with Gasteiger partial charge in [-0.1, -0.05) is 13.8 Å². The highest BCUT2D eigenvalue weighted by Gasteiger charge is 2.17. The molecule has 114 valence electrons. The summed E-state index contributed by atoms with van der Waals surface area (Å²) in [5.41, 5.74) is -0.0429. The third-order valence-corrected chi connectivity index (χ3v) is 4.74. The Hall–Kier alpha value is -1.19. The van der Waals surface area contributed by atoms with Crippen molar-refractivity contribution in [2.24, 2.45) is 11.1 Å². The first-order valence-corrected chi connectivity index (χ1v) is 9.04. The molecule has 0 aromatic heterocycles. The summed E-state index contributed by atoms with van der Waals surface area (Å²) >= 11 is 0. The van der Waals surface area contributed by atoms with Crippen LogP contribution in [0.4, 0.5) is 10.1 Å². The van der Waals surface area contributed by atoms with Crippen molar-refractivity contribution in [1.29, 1.82) is 0 Å². The molecule has 0 atom stereocenters.